The Labute approximate surface area is 94.6 Å². The van der Waals surface area contributed by atoms with Gasteiger partial charge in [0.2, 0.25) is 0 Å². The van der Waals surface area contributed by atoms with E-state index in [0.717, 1.165) is 6.42 Å². The summed E-state index contributed by atoms with van der Waals surface area (Å²) in [5.41, 5.74) is 0.757. The summed E-state index contributed by atoms with van der Waals surface area (Å²) >= 11 is 0. The molecule has 0 bridgehead atoms. The molecule has 0 spiro atoms. The standard InChI is InChI=1S/C11H16N2O3/c1-3-5-16-11-7-9(12-4-2)6-10(8-11)13(14)15/h6-8,12H,3-5H2,1-2H3. The van der Waals surface area contributed by atoms with Gasteiger partial charge in [-0.15, -0.1) is 0 Å². The molecule has 0 amide bonds. The van der Waals surface area contributed by atoms with Gasteiger partial charge in [-0.2, -0.15) is 0 Å². The topological polar surface area (TPSA) is 64.4 Å². The number of anilines is 1. The second-order valence-corrected chi connectivity index (χ2v) is 3.35. The molecule has 0 saturated heterocycles. The second kappa shape index (κ2) is 5.95. The number of benzene rings is 1. The average Bonchev–Trinajstić information content (AvgIpc) is 2.26. The minimum absolute atomic E-state index is 0.0459. The van der Waals surface area contributed by atoms with Gasteiger partial charge in [0, 0.05) is 24.4 Å². The largest absolute Gasteiger partial charge is 0.493 e. The van der Waals surface area contributed by atoms with E-state index in [4.69, 9.17) is 4.74 Å². The molecule has 0 heterocycles. The van der Waals surface area contributed by atoms with Crippen LogP contribution in [-0.2, 0) is 0 Å². The average molecular weight is 224 g/mol. The number of hydrogen-bond donors (Lipinski definition) is 1. The fourth-order valence-electron chi connectivity index (χ4n) is 1.30. The highest BCUT2D eigenvalue weighted by molar-refractivity contribution is 5.56. The summed E-state index contributed by atoms with van der Waals surface area (Å²) in [6, 6.07) is 4.71. The van der Waals surface area contributed by atoms with Crippen molar-refractivity contribution >= 4 is 11.4 Å². The normalized spacial score (nSPS) is 9.88. The number of nitrogens with one attached hydrogen (secondary N) is 1. The lowest BCUT2D eigenvalue weighted by atomic mass is 10.2. The second-order valence-electron chi connectivity index (χ2n) is 3.35. The SMILES string of the molecule is CCCOc1cc(NCC)cc([N+](=O)[O-])c1. The third-order valence-electron chi connectivity index (χ3n) is 1.96. The highest BCUT2D eigenvalue weighted by atomic mass is 16.6. The van der Waals surface area contributed by atoms with Crippen LogP contribution in [0.25, 0.3) is 0 Å². The molecule has 1 rings (SSSR count). The van der Waals surface area contributed by atoms with Crippen molar-refractivity contribution in [2.75, 3.05) is 18.5 Å². The van der Waals surface area contributed by atoms with Gasteiger partial charge in [0.25, 0.3) is 5.69 Å². The molecule has 0 aromatic heterocycles. The van der Waals surface area contributed by atoms with Gasteiger partial charge in [0.15, 0.2) is 0 Å². The van der Waals surface area contributed by atoms with Crippen molar-refractivity contribution in [2.24, 2.45) is 0 Å². The number of non-ortho nitro benzene ring substituents is 1. The predicted molar refractivity (Wildman–Crippen MR) is 63.0 cm³/mol. The third-order valence-corrected chi connectivity index (χ3v) is 1.96. The molecule has 0 atom stereocenters. The number of hydrogen-bond acceptors (Lipinski definition) is 4. The first-order chi connectivity index (χ1) is 7.67. The highest BCUT2D eigenvalue weighted by Gasteiger charge is 2.10. The monoisotopic (exact) mass is 224 g/mol. The van der Waals surface area contributed by atoms with Crippen LogP contribution < -0.4 is 10.1 Å². The summed E-state index contributed by atoms with van der Waals surface area (Å²) in [7, 11) is 0. The number of nitro groups is 1. The van der Waals surface area contributed by atoms with Crippen LogP contribution in [0.15, 0.2) is 18.2 Å². The van der Waals surface area contributed by atoms with Gasteiger partial charge in [-0.3, -0.25) is 10.1 Å². The Hall–Kier alpha value is -1.78. The molecule has 16 heavy (non-hydrogen) atoms. The maximum atomic E-state index is 10.7. The predicted octanol–water partition coefficient (Wildman–Crippen LogP) is 2.82. The molecule has 5 nitrogen and oxygen atoms in total. The molecule has 0 saturated carbocycles. The fourth-order valence-corrected chi connectivity index (χ4v) is 1.30. The summed E-state index contributed by atoms with van der Waals surface area (Å²) in [5.74, 6) is 0.534. The van der Waals surface area contributed by atoms with Crippen LogP contribution in [0.4, 0.5) is 11.4 Å². The van der Waals surface area contributed by atoms with Gasteiger partial charge in [-0.1, -0.05) is 6.92 Å². The maximum Gasteiger partial charge on any atom is 0.275 e. The Kier molecular flexibility index (Phi) is 4.57. The van der Waals surface area contributed by atoms with Crippen LogP contribution in [0, 0.1) is 10.1 Å². The summed E-state index contributed by atoms with van der Waals surface area (Å²) in [6.07, 6.45) is 0.874. The first-order valence-corrected chi connectivity index (χ1v) is 5.33. The molecule has 88 valence electrons. The van der Waals surface area contributed by atoms with E-state index >= 15 is 0 Å². The number of rotatable bonds is 6. The third kappa shape index (κ3) is 3.42. The van der Waals surface area contributed by atoms with Gasteiger partial charge in [-0.05, 0) is 13.3 Å². The van der Waals surface area contributed by atoms with Crippen molar-refractivity contribution in [3.8, 4) is 5.75 Å². The van der Waals surface area contributed by atoms with Crippen LogP contribution in [0.2, 0.25) is 0 Å². The fraction of sp³-hybridized carbons (Fsp3) is 0.455. The van der Waals surface area contributed by atoms with E-state index in [1.54, 1.807) is 6.07 Å². The lowest BCUT2D eigenvalue weighted by Crippen LogP contribution is -2.00. The molecule has 5 heteroatoms. The van der Waals surface area contributed by atoms with Crippen molar-refractivity contribution in [3.63, 3.8) is 0 Å². The quantitative estimate of drug-likeness (QED) is 0.596. The van der Waals surface area contributed by atoms with E-state index < -0.39 is 4.92 Å². The van der Waals surface area contributed by atoms with Gasteiger partial charge in [0.05, 0.1) is 17.6 Å². The maximum absolute atomic E-state index is 10.7. The molecule has 0 aliphatic heterocycles. The zero-order valence-corrected chi connectivity index (χ0v) is 9.53. The molecule has 1 aromatic rings. The minimum Gasteiger partial charge on any atom is -0.493 e. The number of nitro benzene ring substituents is 1. The van der Waals surface area contributed by atoms with Crippen molar-refractivity contribution in [3.05, 3.63) is 28.3 Å². The van der Waals surface area contributed by atoms with Crippen molar-refractivity contribution < 1.29 is 9.66 Å². The summed E-state index contributed by atoms with van der Waals surface area (Å²) in [6.45, 7) is 5.20. The zero-order valence-electron chi connectivity index (χ0n) is 9.53. The Balaban J connectivity index is 2.93. The summed E-state index contributed by atoms with van der Waals surface area (Å²) in [4.78, 5) is 10.3. The first kappa shape index (κ1) is 12.3. The van der Waals surface area contributed by atoms with Crippen molar-refractivity contribution in [1.29, 1.82) is 0 Å². The molecule has 1 N–H and O–H groups in total. The minimum atomic E-state index is -0.417. The van der Waals surface area contributed by atoms with E-state index in [2.05, 4.69) is 5.32 Å². The van der Waals surface area contributed by atoms with Gasteiger partial charge >= 0.3 is 0 Å². The van der Waals surface area contributed by atoms with E-state index in [0.29, 0.717) is 24.6 Å². The van der Waals surface area contributed by atoms with Gasteiger partial charge in [-0.25, -0.2) is 0 Å². The van der Waals surface area contributed by atoms with Crippen LogP contribution in [-0.4, -0.2) is 18.1 Å². The molecule has 1 aromatic carbocycles. The number of ether oxygens (including phenoxy) is 1. The lowest BCUT2D eigenvalue weighted by molar-refractivity contribution is -0.384. The zero-order chi connectivity index (χ0) is 12.0. The van der Waals surface area contributed by atoms with Crippen molar-refractivity contribution in [2.45, 2.75) is 20.3 Å². The van der Waals surface area contributed by atoms with Crippen LogP contribution in [0.1, 0.15) is 20.3 Å². The van der Waals surface area contributed by atoms with E-state index in [-0.39, 0.29) is 5.69 Å². The van der Waals surface area contributed by atoms with Crippen LogP contribution in [0.3, 0.4) is 0 Å². The molecule has 0 fully saturated rings. The molecular weight excluding hydrogens is 208 g/mol. The van der Waals surface area contributed by atoms with Gasteiger partial charge in [0.1, 0.15) is 5.75 Å². The molecule has 0 radical (unpaired) electrons. The molecule has 0 aliphatic rings. The van der Waals surface area contributed by atoms with Crippen LogP contribution in [0.5, 0.6) is 5.75 Å². The van der Waals surface area contributed by atoms with Gasteiger partial charge < -0.3 is 10.1 Å². The lowest BCUT2D eigenvalue weighted by Gasteiger charge is -2.08. The Bertz CT molecular complexity index is 366. The summed E-state index contributed by atoms with van der Waals surface area (Å²) < 4.78 is 5.39. The molecule has 0 aliphatic carbocycles. The summed E-state index contributed by atoms with van der Waals surface area (Å²) in [5, 5.41) is 13.7. The Morgan fingerprint density at radius 1 is 1.38 bits per heavy atom. The Morgan fingerprint density at radius 3 is 2.69 bits per heavy atom. The Morgan fingerprint density at radius 2 is 2.12 bits per heavy atom. The van der Waals surface area contributed by atoms with E-state index in [1.807, 2.05) is 13.8 Å². The molecular formula is C11H16N2O3. The van der Waals surface area contributed by atoms with Crippen molar-refractivity contribution in [1.82, 2.24) is 0 Å². The van der Waals surface area contributed by atoms with E-state index in [9.17, 15) is 10.1 Å². The van der Waals surface area contributed by atoms with Crippen LogP contribution >= 0.6 is 0 Å². The highest BCUT2D eigenvalue weighted by Crippen LogP contribution is 2.25. The number of nitrogens with zero attached hydrogens (tertiary/aromatic N) is 1. The first-order valence-electron chi connectivity index (χ1n) is 5.33. The molecule has 0 unspecified atom stereocenters. The van der Waals surface area contributed by atoms with E-state index in [1.165, 1.54) is 12.1 Å². The smallest absolute Gasteiger partial charge is 0.275 e.